The minimum absolute atomic E-state index is 0.228. The lowest BCUT2D eigenvalue weighted by molar-refractivity contribution is -0.136. The fourth-order valence-corrected chi connectivity index (χ4v) is 7.22. The Labute approximate surface area is 279 Å². The van der Waals surface area contributed by atoms with Crippen molar-refractivity contribution < 1.29 is 23.7 Å². The summed E-state index contributed by atoms with van der Waals surface area (Å²) in [6.07, 6.45) is 3.24. The van der Waals surface area contributed by atoms with Crippen LogP contribution in [0.25, 0.3) is 6.08 Å². The smallest absolute Gasteiger partial charge is 0.337 e. The Morgan fingerprint density at radius 2 is 1.68 bits per heavy atom. The summed E-state index contributed by atoms with van der Waals surface area (Å²) >= 11 is 14.4. The molecule has 44 heavy (non-hydrogen) atoms. The Hall–Kier alpha value is -3.38. The van der Waals surface area contributed by atoms with Gasteiger partial charge in [-0.2, -0.15) is 0 Å². The predicted octanol–water partition coefficient (Wildman–Crippen LogP) is 6.57. The number of halogens is 3. The molecule has 0 fully saturated rings. The van der Waals surface area contributed by atoms with Crippen LogP contribution in [-0.4, -0.2) is 30.9 Å². The summed E-state index contributed by atoms with van der Waals surface area (Å²) in [5.41, 5.74) is 2.32. The number of benzene rings is 3. The lowest BCUT2D eigenvalue weighted by Crippen LogP contribution is -2.39. The molecule has 1 atom stereocenters. The highest BCUT2D eigenvalue weighted by atomic mass is 79.9. The summed E-state index contributed by atoms with van der Waals surface area (Å²) in [6.45, 7) is 5.00. The summed E-state index contributed by atoms with van der Waals surface area (Å²) in [5, 5.41) is 0.660. The molecule has 0 saturated heterocycles. The molecule has 12 heteroatoms. The first-order chi connectivity index (χ1) is 21.2. The second-order valence-corrected chi connectivity index (χ2v) is 12.6. The van der Waals surface area contributed by atoms with Crippen LogP contribution in [0.3, 0.4) is 0 Å². The summed E-state index contributed by atoms with van der Waals surface area (Å²) in [6, 6.07) is 15.8. The van der Waals surface area contributed by atoms with Gasteiger partial charge in [0.15, 0.2) is 16.3 Å². The van der Waals surface area contributed by atoms with Gasteiger partial charge in [0, 0.05) is 11.2 Å². The fraction of sp³-hybridized carbons (Fsp3) is 0.219. The van der Waals surface area contributed by atoms with E-state index in [1.54, 1.807) is 18.2 Å². The number of thiazole rings is 1. The number of esters is 1. The van der Waals surface area contributed by atoms with Gasteiger partial charge in [0.25, 0.3) is 5.56 Å². The van der Waals surface area contributed by atoms with E-state index in [-0.39, 0.29) is 11.1 Å². The number of methoxy groups -OCH3 is 1. The second kappa shape index (κ2) is 14.2. The standard InChI is InChI=1S/C32H27Br2ClN2O6S/c1-4-41-25-11-8-20(15-26(25)42-5-2)28-22(31(39)40-3)16-36-32-37(28)30(38)27(44-32)14-19-12-23(33)29(24(34)13-19)43-17-18-6-9-21(35)10-7-18/h6-16,28H,4-5,17H2,1-3H3/b27-14-/t28-/m1/s1. The Kier molecular flexibility index (Phi) is 10.3. The molecule has 5 rings (SSSR count). The molecule has 4 aromatic rings. The molecule has 0 unspecified atom stereocenters. The van der Waals surface area contributed by atoms with Crippen LogP contribution >= 0.6 is 54.8 Å². The van der Waals surface area contributed by atoms with E-state index in [1.807, 2.05) is 56.3 Å². The molecule has 228 valence electrons. The zero-order chi connectivity index (χ0) is 31.4. The highest BCUT2D eigenvalue weighted by molar-refractivity contribution is 9.11. The number of fused-ring (bicyclic) bond motifs is 1. The van der Waals surface area contributed by atoms with Crippen molar-refractivity contribution in [1.29, 1.82) is 0 Å². The van der Waals surface area contributed by atoms with Gasteiger partial charge in [-0.25, -0.2) is 9.79 Å². The predicted molar refractivity (Wildman–Crippen MR) is 178 cm³/mol. The van der Waals surface area contributed by atoms with Crippen LogP contribution in [0.15, 0.2) is 85.1 Å². The number of hydrogen-bond donors (Lipinski definition) is 0. The summed E-state index contributed by atoms with van der Waals surface area (Å²) in [5.74, 6) is 1.14. The van der Waals surface area contributed by atoms with Gasteiger partial charge in [0.05, 0.1) is 45.4 Å². The molecule has 0 amide bonds. The number of nitrogens with zero attached hydrogens (tertiary/aromatic N) is 2. The second-order valence-electron chi connectivity index (χ2n) is 9.48. The molecule has 2 heterocycles. The van der Waals surface area contributed by atoms with Crippen molar-refractivity contribution >= 4 is 66.8 Å². The van der Waals surface area contributed by atoms with Gasteiger partial charge in [-0.05, 0) is 105 Å². The summed E-state index contributed by atoms with van der Waals surface area (Å²) in [4.78, 5) is 31.7. The third-order valence-electron chi connectivity index (χ3n) is 6.62. The third-order valence-corrected chi connectivity index (χ3v) is 9.05. The van der Waals surface area contributed by atoms with Crippen LogP contribution in [0.1, 0.15) is 36.6 Å². The molecule has 0 spiro atoms. The topological polar surface area (TPSA) is 88.4 Å². The molecule has 0 aliphatic carbocycles. The van der Waals surface area contributed by atoms with E-state index in [1.165, 1.54) is 29.2 Å². The molecule has 8 nitrogen and oxygen atoms in total. The first-order valence-electron chi connectivity index (χ1n) is 13.6. The monoisotopic (exact) mass is 760 g/mol. The number of aromatic nitrogens is 1. The zero-order valence-corrected chi connectivity index (χ0v) is 28.7. The van der Waals surface area contributed by atoms with E-state index in [2.05, 4.69) is 36.9 Å². The minimum atomic E-state index is -0.780. The van der Waals surface area contributed by atoms with Crippen molar-refractivity contribution in [1.82, 2.24) is 4.57 Å². The van der Waals surface area contributed by atoms with Crippen molar-refractivity contribution in [3.63, 3.8) is 0 Å². The number of hydrogen-bond acceptors (Lipinski definition) is 8. The average molecular weight is 763 g/mol. The largest absolute Gasteiger partial charge is 0.490 e. The average Bonchev–Trinajstić information content (AvgIpc) is 3.32. The normalized spacial score (nSPS) is 14.4. The minimum Gasteiger partial charge on any atom is -0.490 e. The van der Waals surface area contributed by atoms with Crippen LogP contribution in [0.4, 0.5) is 0 Å². The van der Waals surface area contributed by atoms with Gasteiger partial charge in [0.2, 0.25) is 0 Å². The molecule has 1 aliphatic heterocycles. The van der Waals surface area contributed by atoms with E-state index < -0.39 is 12.0 Å². The molecule has 3 aromatic carbocycles. The number of rotatable bonds is 10. The van der Waals surface area contributed by atoms with E-state index in [0.717, 1.165) is 11.1 Å². The lowest BCUT2D eigenvalue weighted by Gasteiger charge is -2.23. The highest BCUT2D eigenvalue weighted by Crippen LogP contribution is 2.37. The maximum Gasteiger partial charge on any atom is 0.337 e. The summed E-state index contributed by atoms with van der Waals surface area (Å²) < 4.78 is 26.0. The van der Waals surface area contributed by atoms with Crippen LogP contribution in [0, 0.1) is 0 Å². The summed E-state index contributed by atoms with van der Waals surface area (Å²) in [7, 11) is 1.30. The van der Waals surface area contributed by atoms with Crippen LogP contribution in [0.5, 0.6) is 17.2 Å². The van der Waals surface area contributed by atoms with Crippen LogP contribution < -0.4 is 29.1 Å². The van der Waals surface area contributed by atoms with Crippen molar-refractivity contribution in [3.05, 3.63) is 117 Å². The number of carbonyl (C=O) groups is 1. The van der Waals surface area contributed by atoms with Gasteiger partial charge in [-0.1, -0.05) is 41.1 Å². The Morgan fingerprint density at radius 3 is 2.34 bits per heavy atom. The Morgan fingerprint density at radius 1 is 1.00 bits per heavy atom. The van der Waals surface area contributed by atoms with Crippen molar-refractivity contribution in [3.8, 4) is 17.2 Å². The van der Waals surface area contributed by atoms with Gasteiger partial charge < -0.3 is 18.9 Å². The maximum atomic E-state index is 13.9. The molecular formula is C32H27Br2ClN2O6S. The van der Waals surface area contributed by atoms with Gasteiger partial charge in [-0.15, -0.1) is 0 Å². The third kappa shape index (κ3) is 6.81. The molecule has 0 N–H and O–H groups in total. The fourth-order valence-electron chi connectivity index (χ4n) is 4.68. The van der Waals surface area contributed by atoms with E-state index in [4.69, 9.17) is 30.5 Å². The molecule has 1 aromatic heterocycles. The van der Waals surface area contributed by atoms with E-state index in [9.17, 15) is 9.59 Å². The number of ether oxygens (including phenoxy) is 4. The first-order valence-corrected chi connectivity index (χ1v) is 16.4. The molecule has 0 bridgehead atoms. The van der Waals surface area contributed by atoms with Crippen LogP contribution in [-0.2, 0) is 16.1 Å². The molecule has 0 saturated carbocycles. The van der Waals surface area contributed by atoms with Crippen molar-refractivity contribution in [2.45, 2.75) is 26.5 Å². The molecular weight excluding hydrogens is 736 g/mol. The Balaban J connectivity index is 1.54. The Bertz CT molecular complexity index is 1900. The first kappa shape index (κ1) is 32.0. The van der Waals surface area contributed by atoms with Crippen LogP contribution in [0.2, 0.25) is 5.02 Å². The SMILES string of the molecule is CCOc1ccc([C@@H]2C(C(=O)OC)=CN=c3s/c(=C\c4cc(Br)c(OCc5ccc(Cl)cc5)c(Br)c4)c(=O)n32)cc1OCC. The van der Waals surface area contributed by atoms with Crippen molar-refractivity contribution in [2.24, 2.45) is 4.99 Å². The zero-order valence-electron chi connectivity index (χ0n) is 23.9. The van der Waals surface area contributed by atoms with Gasteiger partial charge >= 0.3 is 5.97 Å². The molecule has 0 radical (unpaired) electrons. The van der Waals surface area contributed by atoms with Gasteiger partial charge in [-0.3, -0.25) is 9.36 Å². The van der Waals surface area contributed by atoms with Crippen molar-refractivity contribution in [2.75, 3.05) is 20.3 Å². The highest BCUT2D eigenvalue weighted by Gasteiger charge is 2.31. The quantitative estimate of drug-likeness (QED) is 0.170. The maximum absolute atomic E-state index is 13.9. The van der Waals surface area contributed by atoms with E-state index in [0.29, 0.717) is 65.9 Å². The van der Waals surface area contributed by atoms with Gasteiger partial charge in [0.1, 0.15) is 12.4 Å². The molecule has 1 aliphatic rings. The van der Waals surface area contributed by atoms with E-state index >= 15 is 0 Å². The lowest BCUT2D eigenvalue weighted by atomic mass is 9.97. The number of carbonyl (C=O) groups excluding carboxylic acids is 1.